The summed E-state index contributed by atoms with van der Waals surface area (Å²) in [6.45, 7) is 12.7. The number of halogens is 1. The topological polar surface area (TPSA) is 105 Å². The number of anilines is 2. The largest absolute Gasteiger partial charge is 0.390 e. The van der Waals surface area contributed by atoms with Crippen LogP contribution in [-0.2, 0) is 11.3 Å². The smallest absolute Gasteiger partial charge is 0.234 e. The minimum absolute atomic E-state index is 0.0252. The van der Waals surface area contributed by atoms with E-state index in [0.717, 1.165) is 56.0 Å². The molecule has 3 aliphatic heterocycles. The quantitative estimate of drug-likeness (QED) is 0.545. The van der Waals surface area contributed by atoms with E-state index in [9.17, 15) is 5.11 Å². The van der Waals surface area contributed by atoms with Gasteiger partial charge in [0, 0.05) is 42.2 Å². The number of hydrogen-bond acceptors (Lipinski definition) is 9. The molecular weight excluding hydrogens is 498 g/mol. The first kappa shape index (κ1) is 25.5. The van der Waals surface area contributed by atoms with Crippen molar-refractivity contribution in [1.29, 1.82) is 0 Å². The predicted molar refractivity (Wildman–Crippen MR) is 140 cm³/mol. The van der Waals surface area contributed by atoms with Crippen LogP contribution in [0.25, 0.3) is 4.85 Å². The number of aliphatic hydroxyl groups is 1. The lowest BCUT2D eigenvalue weighted by Crippen LogP contribution is -2.51. The van der Waals surface area contributed by atoms with Crippen LogP contribution in [0.3, 0.4) is 0 Å². The van der Waals surface area contributed by atoms with Gasteiger partial charge in [0.15, 0.2) is 5.82 Å². The summed E-state index contributed by atoms with van der Waals surface area (Å²) in [5.41, 5.74) is 7.04. The molecule has 0 amide bonds. The van der Waals surface area contributed by atoms with E-state index in [-0.39, 0.29) is 30.2 Å². The number of aromatic nitrogens is 3. The second-order valence-corrected chi connectivity index (χ2v) is 11.3. The van der Waals surface area contributed by atoms with Gasteiger partial charge >= 0.3 is 0 Å². The lowest BCUT2D eigenvalue weighted by molar-refractivity contribution is 0.0973. The van der Waals surface area contributed by atoms with Gasteiger partial charge in [-0.25, -0.2) is 21.5 Å². The second-order valence-electron chi connectivity index (χ2n) is 9.91. The highest BCUT2D eigenvalue weighted by molar-refractivity contribution is 7.99. The molecule has 36 heavy (non-hydrogen) atoms. The van der Waals surface area contributed by atoms with Gasteiger partial charge in [0.25, 0.3) is 0 Å². The minimum Gasteiger partial charge on any atom is -0.390 e. The van der Waals surface area contributed by atoms with E-state index < -0.39 is 0 Å². The van der Waals surface area contributed by atoms with Gasteiger partial charge in [-0.05, 0) is 38.7 Å². The molecule has 0 aromatic carbocycles. The fourth-order valence-electron chi connectivity index (χ4n) is 5.68. The van der Waals surface area contributed by atoms with Gasteiger partial charge in [-0.3, -0.25) is 0 Å². The molecule has 0 aliphatic carbocycles. The van der Waals surface area contributed by atoms with E-state index in [0.29, 0.717) is 34.7 Å². The zero-order chi connectivity index (χ0) is 25.3. The summed E-state index contributed by atoms with van der Waals surface area (Å²) in [7, 11) is 0. The average molecular weight is 530 g/mol. The summed E-state index contributed by atoms with van der Waals surface area (Å²) in [5.74, 6) is 1.43. The number of rotatable bonds is 6. The predicted octanol–water partition coefficient (Wildman–Crippen LogP) is 3.39. The Morgan fingerprint density at radius 1 is 1.31 bits per heavy atom. The molecule has 1 spiro atoms. The van der Waals surface area contributed by atoms with Crippen LogP contribution in [0.5, 0.6) is 0 Å². The summed E-state index contributed by atoms with van der Waals surface area (Å²) in [4.78, 5) is 22.7. The molecule has 0 saturated carbocycles. The normalized spacial score (nSPS) is 25.5. The molecule has 0 radical (unpaired) electrons. The molecule has 3 atom stereocenters. The molecule has 11 heteroatoms. The molecule has 3 N–H and O–H groups in total. The highest BCUT2D eigenvalue weighted by Gasteiger charge is 2.47. The molecule has 3 aliphatic rings. The molecule has 3 saturated heterocycles. The number of hydrogen-bond donors (Lipinski definition) is 2. The van der Waals surface area contributed by atoms with Crippen LogP contribution >= 0.6 is 23.4 Å². The number of nitrogens with zero attached hydrogens (tertiary/aromatic N) is 6. The fourth-order valence-corrected chi connectivity index (χ4v) is 6.81. The molecule has 9 nitrogen and oxygen atoms in total. The zero-order valence-corrected chi connectivity index (χ0v) is 22.0. The van der Waals surface area contributed by atoms with Crippen LogP contribution in [0.15, 0.2) is 28.4 Å². The van der Waals surface area contributed by atoms with Gasteiger partial charge in [-0.1, -0.05) is 23.4 Å². The van der Waals surface area contributed by atoms with E-state index in [1.54, 1.807) is 12.4 Å². The van der Waals surface area contributed by atoms with Crippen LogP contribution in [0.1, 0.15) is 38.3 Å². The summed E-state index contributed by atoms with van der Waals surface area (Å²) in [5, 5.41) is 11.3. The number of piperidine rings is 1. The fraction of sp³-hybridized carbons (Fsp3) is 0.600. The first-order chi connectivity index (χ1) is 17.5. The van der Waals surface area contributed by atoms with Crippen molar-refractivity contribution in [2.75, 3.05) is 42.6 Å². The zero-order valence-electron chi connectivity index (χ0n) is 20.4. The van der Waals surface area contributed by atoms with Crippen molar-refractivity contribution in [2.45, 2.75) is 67.3 Å². The van der Waals surface area contributed by atoms with Gasteiger partial charge in [-0.15, -0.1) is 0 Å². The first-order valence-corrected chi connectivity index (χ1v) is 13.7. The maximum Gasteiger partial charge on any atom is 0.234 e. The van der Waals surface area contributed by atoms with Gasteiger partial charge in [0.1, 0.15) is 22.6 Å². The molecule has 5 rings (SSSR count). The lowest BCUT2D eigenvalue weighted by atomic mass is 9.73. The summed E-state index contributed by atoms with van der Waals surface area (Å²) in [6, 6.07) is 2.06. The standard InChI is InChI=1S/C25H32ClN7O2S/c1-16-22(27)25(15-35-16)6-10-32(11-7-25)23-18(14-34)31-20(13-30-23)36-19-5-8-29-24(21(19)26)33-9-3-4-17(33)12-28-2/h5,8,13,16-17,22,34H,3-4,6-7,9-12,14-15,27H2,1H3/t16-,17?,22+/m0/s1. The van der Waals surface area contributed by atoms with Crippen LogP contribution in [0.2, 0.25) is 5.02 Å². The summed E-state index contributed by atoms with van der Waals surface area (Å²) >= 11 is 8.19. The van der Waals surface area contributed by atoms with Crippen molar-refractivity contribution in [1.82, 2.24) is 15.0 Å². The Kier molecular flexibility index (Phi) is 7.56. The van der Waals surface area contributed by atoms with E-state index in [2.05, 4.69) is 19.6 Å². The molecule has 0 bridgehead atoms. The Balaban J connectivity index is 1.31. The Morgan fingerprint density at radius 2 is 2.11 bits per heavy atom. The Hall–Kier alpha value is -2.16. The highest BCUT2D eigenvalue weighted by Crippen LogP contribution is 2.43. The van der Waals surface area contributed by atoms with Gasteiger partial charge in [0.05, 0.1) is 30.5 Å². The van der Waals surface area contributed by atoms with Crippen LogP contribution in [-0.4, -0.2) is 71.0 Å². The van der Waals surface area contributed by atoms with Crippen LogP contribution in [0.4, 0.5) is 11.6 Å². The van der Waals surface area contributed by atoms with Crippen molar-refractivity contribution >= 4 is 35.0 Å². The molecule has 2 aromatic heterocycles. The monoisotopic (exact) mass is 529 g/mol. The minimum atomic E-state index is -0.195. The lowest BCUT2D eigenvalue weighted by Gasteiger charge is -2.41. The van der Waals surface area contributed by atoms with Gasteiger partial charge < -0.3 is 30.2 Å². The summed E-state index contributed by atoms with van der Waals surface area (Å²) < 4.78 is 5.84. The maximum atomic E-state index is 10.1. The van der Waals surface area contributed by atoms with Gasteiger partial charge in [0.2, 0.25) is 6.54 Å². The van der Waals surface area contributed by atoms with E-state index in [1.807, 2.05) is 13.0 Å². The average Bonchev–Trinajstić information content (AvgIpc) is 3.46. The van der Waals surface area contributed by atoms with Crippen LogP contribution < -0.4 is 15.5 Å². The van der Waals surface area contributed by atoms with Gasteiger partial charge in [-0.2, -0.15) is 0 Å². The van der Waals surface area contributed by atoms with Crippen molar-refractivity contribution in [3.05, 3.63) is 40.6 Å². The Bertz CT molecular complexity index is 1140. The van der Waals surface area contributed by atoms with Crippen LogP contribution in [0, 0.1) is 12.0 Å². The second kappa shape index (κ2) is 10.7. The van der Waals surface area contributed by atoms with E-state index in [1.165, 1.54) is 11.8 Å². The van der Waals surface area contributed by atoms with Crippen molar-refractivity contribution in [2.24, 2.45) is 11.1 Å². The maximum absolute atomic E-state index is 10.1. The van der Waals surface area contributed by atoms with Crippen molar-refractivity contribution < 1.29 is 9.84 Å². The molecule has 3 fully saturated rings. The summed E-state index contributed by atoms with van der Waals surface area (Å²) in [6.07, 6.45) is 7.43. The SMILES string of the molecule is [C-]#[N+]CC1CCCN1c1nccc(Sc2cnc(N3CCC4(CC3)CO[C@@H](C)[C@H]4N)c(CO)n2)c1Cl. The molecular formula is C25H32ClN7O2S. The number of nitrogens with two attached hydrogens (primary N) is 1. The molecule has 5 heterocycles. The van der Waals surface area contributed by atoms with E-state index in [4.69, 9.17) is 38.6 Å². The third-order valence-electron chi connectivity index (χ3n) is 7.86. The number of ether oxygens (including phenoxy) is 1. The van der Waals surface area contributed by atoms with Crippen molar-refractivity contribution in [3.8, 4) is 0 Å². The number of aliphatic hydroxyl groups excluding tert-OH is 1. The number of pyridine rings is 1. The molecule has 2 aromatic rings. The first-order valence-electron chi connectivity index (χ1n) is 12.5. The third kappa shape index (κ3) is 4.75. The molecule has 192 valence electrons. The third-order valence-corrected chi connectivity index (χ3v) is 9.31. The Morgan fingerprint density at radius 3 is 2.81 bits per heavy atom. The van der Waals surface area contributed by atoms with E-state index >= 15 is 0 Å². The Labute approximate surface area is 221 Å². The molecule has 1 unspecified atom stereocenters. The van der Waals surface area contributed by atoms with Crippen molar-refractivity contribution in [3.63, 3.8) is 0 Å². The highest BCUT2D eigenvalue weighted by atomic mass is 35.5.